The number of halogens is 1. The Kier molecular flexibility index (Phi) is 6.11. The summed E-state index contributed by atoms with van der Waals surface area (Å²) in [6, 6.07) is 12.6. The molecule has 3 aliphatic rings. The second-order valence-electron chi connectivity index (χ2n) is 11.2. The molecule has 204 valence electrons. The first-order valence-electron chi connectivity index (χ1n) is 14.0. The zero-order valence-electron chi connectivity index (χ0n) is 22.3. The summed E-state index contributed by atoms with van der Waals surface area (Å²) in [5, 5.41) is 11.0. The molecular formula is C31H31FN6O2. The molecule has 2 aliphatic carbocycles. The van der Waals surface area contributed by atoms with Gasteiger partial charge in [0.25, 0.3) is 0 Å². The molecule has 1 amide bonds. The SMILES string of the molecule is Cc1ccc2c(NC(=O)C3CC34CC4)c(F)ccc2c1Oc1ncccc1-c1ccnc(NC2CCCNC2)n1. The van der Waals surface area contributed by atoms with Gasteiger partial charge in [0.2, 0.25) is 17.7 Å². The first kappa shape index (κ1) is 24.9. The summed E-state index contributed by atoms with van der Waals surface area (Å²) < 4.78 is 21.5. The maximum absolute atomic E-state index is 15.0. The van der Waals surface area contributed by atoms with Gasteiger partial charge in [-0.2, -0.15) is 0 Å². The third-order valence-corrected chi connectivity index (χ3v) is 8.48. The summed E-state index contributed by atoms with van der Waals surface area (Å²) in [6.07, 6.45) is 8.65. The molecule has 4 aromatic rings. The number of amides is 1. The van der Waals surface area contributed by atoms with Crippen LogP contribution in [0.15, 0.2) is 54.9 Å². The standard InChI is InChI=1S/C31H31FN6O2/c1-18-6-7-20-21(8-9-24(32)26(20)38-28(39)23-16-31(23)11-12-31)27(18)40-29-22(5-3-14-34-29)25-10-15-35-30(37-25)36-19-4-2-13-33-17-19/h3,5-10,14-15,19,23,33H,2,4,11-13,16-17H2,1H3,(H,38,39)(H,35,36,37). The minimum absolute atomic E-state index is 0.0129. The van der Waals surface area contributed by atoms with Gasteiger partial charge in [-0.25, -0.2) is 19.3 Å². The fraction of sp³-hybridized carbons (Fsp3) is 0.355. The van der Waals surface area contributed by atoms with Crippen molar-refractivity contribution in [1.82, 2.24) is 20.3 Å². The molecule has 2 atom stereocenters. The molecule has 3 fully saturated rings. The molecule has 0 radical (unpaired) electrons. The van der Waals surface area contributed by atoms with Crippen LogP contribution >= 0.6 is 0 Å². The number of nitrogens with one attached hydrogen (secondary N) is 3. The van der Waals surface area contributed by atoms with Gasteiger partial charge in [0, 0.05) is 41.7 Å². The van der Waals surface area contributed by atoms with Crippen LogP contribution in [-0.2, 0) is 4.79 Å². The number of ether oxygens (including phenoxy) is 1. The normalized spacial score (nSPS) is 20.8. The Bertz CT molecular complexity index is 1620. The molecule has 2 aromatic heterocycles. The molecule has 0 bridgehead atoms. The van der Waals surface area contributed by atoms with E-state index in [9.17, 15) is 4.79 Å². The lowest BCUT2D eigenvalue weighted by Gasteiger charge is -2.23. The molecule has 3 heterocycles. The first-order chi connectivity index (χ1) is 19.5. The van der Waals surface area contributed by atoms with E-state index in [0.717, 1.165) is 50.8 Å². The summed E-state index contributed by atoms with van der Waals surface area (Å²) >= 11 is 0. The monoisotopic (exact) mass is 538 g/mol. The van der Waals surface area contributed by atoms with Crippen LogP contribution < -0.4 is 20.7 Å². The van der Waals surface area contributed by atoms with Crippen molar-refractivity contribution in [2.45, 2.75) is 45.1 Å². The van der Waals surface area contributed by atoms with Crippen LogP contribution in [0.25, 0.3) is 22.0 Å². The zero-order chi connectivity index (χ0) is 27.3. The van der Waals surface area contributed by atoms with E-state index in [1.807, 2.05) is 37.3 Å². The smallest absolute Gasteiger partial charge is 0.228 e. The van der Waals surface area contributed by atoms with Crippen molar-refractivity contribution in [3.63, 3.8) is 0 Å². The minimum atomic E-state index is -0.464. The van der Waals surface area contributed by atoms with Crippen LogP contribution in [0.3, 0.4) is 0 Å². The van der Waals surface area contributed by atoms with E-state index in [1.165, 1.54) is 6.07 Å². The summed E-state index contributed by atoms with van der Waals surface area (Å²) in [7, 11) is 0. The highest BCUT2D eigenvalue weighted by Crippen LogP contribution is 2.70. The molecule has 3 N–H and O–H groups in total. The topological polar surface area (TPSA) is 101 Å². The highest BCUT2D eigenvalue weighted by Gasteiger charge is 2.65. The number of hydrogen-bond acceptors (Lipinski definition) is 7. The van der Waals surface area contributed by atoms with E-state index < -0.39 is 5.82 Å². The molecule has 1 spiro atoms. The number of fused-ring (bicyclic) bond motifs is 1. The summed E-state index contributed by atoms with van der Waals surface area (Å²) in [5.74, 6) is 0.914. The van der Waals surface area contributed by atoms with Crippen LogP contribution in [0, 0.1) is 24.1 Å². The Morgan fingerprint density at radius 1 is 1.10 bits per heavy atom. The Morgan fingerprint density at radius 2 is 1.98 bits per heavy atom. The van der Waals surface area contributed by atoms with Crippen molar-refractivity contribution in [2.24, 2.45) is 11.3 Å². The summed E-state index contributed by atoms with van der Waals surface area (Å²) in [4.78, 5) is 26.6. The van der Waals surface area contributed by atoms with E-state index in [1.54, 1.807) is 18.5 Å². The van der Waals surface area contributed by atoms with Gasteiger partial charge in [0.15, 0.2) is 0 Å². The largest absolute Gasteiger partial charge is 0.437 e. The molecule has 2 unspecified atom stereocenters. The maximum atomic E-state index is 15.0. The molecule has 1 aliphatic heterocycles. The number of benzene rings is 2. The third-order valence-electron chi connectivity index (χ3n) is 8.48. The Hall–Kier alpha value is -4.11. The molecular weight excluding hydrogens is 507 g/mol. The van der Waals surface area contributed by atoms with Crippen LogP contribution in [0.4, 0.5) is 16.0 Å². The van der Waals surface area contributed by atoms with Crippen LogP contribution in [-0.4, -0.2) is 40.0 Å². The van der Waals surface area contributed by atoms with E-state index in [4.69, 9.17) is 9.72 Å². The number of piperidine rings is 1. The molecule has 8 nitrogen and oxygen atoms in total. The summed E-state index contributed by atoms with van der Waals surface area (Å²) in [6.45, 7) is 3.84. The van der Waals surface area contributed by atoms with Crippen molar-refractivity contribution >= 4 is 28.3 Å². The molecule has 7 rings (SSSR count). The van der Waals surface area contributed by atoms with Gasteiger partial charge in [-0.3, -0.25) is 4.79 Å². The molecule has 9 heteroatoms. The molecule has 2 aromatic carbocycles. The van der Waals surface area contributed by atoms with Crippen molar-refractivity contribution in [1.29, 1.82) is 0 Å². The van der Waals surface area contributed by atoms with Crippen LogP contribution in [0.2, 0.25) is 0 Å². The van der Waals surface area contributed by atoms with Gasteiger partial charge in [0.05, 0.1) is 16.9 Å². The second kappa shape index (κ2) is 9.82. The minimum Gasteiger partial charge on any atom is -0.437 e. The predicted molar refractivity (Wildman–Crippen MR) is 152 cm³/mol. The fourth-order valence-electron chi connectivity index (χ4n) is 5.86. The number of aromatic nitrogens is 3. The fourth-order valence-corrected chi connectivity index (χ4v) is 5.86. The van der Waals surface area contributed by atoms with Crippen LogP contribution in [0.1, 0.15) is 37.7 Å². The zero-order valence-corrected chi connectivity index (χ0v) is 22.3. The highest BCUT2D eigenvalue weighted by molar-refractivity contribution is 6.06. The first-order valence-corrected chi connectivity index (χ1v) is 14.0. The highest BCUT2D eigenvalue weighted by atomic mass is 19.1. The quantitative estimate of drug-likeness (QED) is 0.272. The van der Waals surface area contributed by atoms with Crippen molar-refractivity contribution in [3.8, 4) is 22.9 Å². The average molecular weight is 539 g/mol. The van der Waals surface area contributed by atoms with Gasteiger partial charge in [-0.15, -0.1) is 0 Å². The van der Waals surface area contributed by atoms with E-state index in [0.29, 0.717) is 39.6 Å². The number of aryl methyl sites for hydroxylation is 1. The second-order valence-corrected chi connectivity index (χ2v) is 11.2. The number of pyridine rings is 1. The number of rotatable bonds is 7. The maximum Gasteiger partial charge on any atom is 0.228 e. The van der Waals surface area contributed by atoms with Gasteiger partial charge in [-0.05, 0) is 86.9 Å². The van der Waals surface area contributed by atoms with E-state index >= 15 is 4.39 Å². The van der Waals surface area contributed by atoms with Crippen LogP contribution in [0.5, 0.6) is 11.6 Å². The van der Waals surface area contributed by atoms with Crippen molar-refractivity contribution < 1.29 is 13.9 Å². The van der Waals surface area contributed by atoms with Gasteiger partial charge >= 0.3 is 0 Å². The Morgan fingerprint density at radius 3 is 2.77 bits per heavy atom. The van der Waals surface area contributed by atoms with Crippen molar-refractivity contribution in [3.05, 3.63) is 66.2 Å². The number of hydrogen-bond donors (Lipinski definition) is 3. The number of carbonyl (C=O) groups is 1. The van der Waals surface area contributed by atoms with Gasteiger partial charge in [-0.1, -0.05) is 12.1 Å². The Labute approximate surface area is 231 Å². The van der Waals surface area contributed by atoms with Gasteiger partial charge in [0.1, 0.15) is 11.6 Å². The third kappa shape index (κ3) is 4.64. The lowest BCUT2D eigenvalue weighted by atomic mass is 10.0. The molecule has 40 heavy (non-hydrogen) atoms. The summed E-state index contributed by atoms with van der Waals surface area (Å²) in [5.41, 5.74) is 2.64. The number of nitrogens with zero attached hydrogens (tertiary/aromatic N) is 3. The van der Waals surface area contributed by atoms with E-state index in [-0.39, 0.29) is 29.0 Å². The number of anilines is 2. The molecule has 1 saturated heterocycles. The average Bonchev–Trinajstić information content (AvgIpc) is 3.91. The Balaban J connectivity index is 1.20. The lowest BCUT2D eigenvalue weighted by molar-refractivity contribution is -0.117. The number of carbonyl (C=O) groups excluding carboxylic acids is 1. The van der Waals surface area contributed by atoms with E-state index in [2.05, 4.69) is 25.9 Å². The molecule has 2 saturated carbocycles. The van der Waals surface area contributed by atoms with Gasteiger partial charge < -0.3 is 20.7 Å². The van der Waals surface area contributed by atoms with Crippen molar-refractivity contribution in [2.75, 3.05) is 23.7 Å². The predicted octanol–water partition coefficient (Wildman–Crippen LogP) is 5.83. The lowest BCUT2D eigenvalue weighted by Crippen LogP contribution is -2.38.